The molecular formula is C17H34N2. The molecule has 1 saturated carbocycles. The van der Waals surface area contributed by atoms with Gasteiger partial charge in [0.2, 0.25) is 0 Å². The summed E-state index contributed by atoms with van der Waals surface area (Å²) in [6, 6.07) is 1.53. The maximum Gasteiger partial charge on any atom is 0.0159 e. The van der Waals surface area contributed by atoms with Gasteiger partial charge in [-0.25, -0.2) is 0 Å². The zero-order valence-corrected chi connectivity index (χ0v) is 13.5. The molecule has 1 heterocycles. The largest absolute Gasteiger partial charge is 0.313 e. The van der Waals surface area contributed by atoms with Gasteiger partial charge in [-0.1, -0.05) is 27.2 Å². The van der Waals surface area contributed by atoms with Crippen molar-refractivity contribution >= 4 is 0 Å². The molecule has 0 aromatic carbocycles. The SMILES string of the molecule is CCCNC1C(CN2CCCC2C)CCCC1(C)C. The van der Waals surface area contributed by atoms with E-state index in [1.54, 1.807) is 0 Å². The first kappa shape index (κ1) is 15.3. The van der Waals surface area contributed by atoms with E-state index in [1.165, 1.54) is 58.2 Å². The molecule has 0 spiro atoms. The molecule has 1 N–H and O–H groups in total. The molecule has 19 heavy (non-hydrogen) atoms. The first-order valence-corrected chi connectivity index (χ1v) is 8.52. The van der Waals surface area contributed by atoms with Gasteiger partial charge in [0.05, 0.1) is 0 Å². The molecule has 3 atom stereocenters. The Morgan fingerprint density at radius 1 is 1.21 bits per heavy atom. The Labute approximate surface area is 120 Å². The van der Waals surface area contributed by atoms with Crippen LogP contribution in [-0.4, -0.2) is 36.6 Å². The highest BCUT2D eigenvalue weighted by molar-refractivity contribution is 4.95. The molecule has 0 radical (unpaired) electrons. The van der Waals surface area contributed by atoms with Crippen LogP contribution in [0, 0.1) is 11.3 Å². The lowest BCUT2D eigenvalue weighted by molar-refractivity contribution is 0.0770. The normalized spacial score (nSPS) is 35.7. The molecule has 0 amide bonds. The van der Waals surface area contributed by atoms with E-state index >= 15 is 0 Å². The Bertz CT molecular complexity index is 274. The summed E-state index contributed by atoms with van der Waals surface area (Å²) in [4.78, 5) is 2.74. The fourth-order valence-electron chi connectivity index (χ4n) is 4.28. The highest BCUT2D eigenvalue weighted by Crippen LogP contribution is 2.40. The van der Waals surface area contributed by atoms with Gasteiger partial charge in [0.25, 0.3) is 0 Å². The van der Waals surface area contributed by atoms with Crippen LogP contribution in [0.2, 0.25) is 0 Å². The zero-order valence-electron chi connectivity index (χ0n) is 13.5. The van der Waals surface area contributed by atoms with Crippen molar-refractivity contribution < 1.29 is 0 Å². The summed E-state index contributed by atoms with van der Waals surface area (Å²) in [6.07, 6.45) is 8.30. The fourth-order valence-corrected chi connectivity index (χ4v) is 4.28. The van der Waals surface area contributed by atoms with Gasteiger partial charge in [0, 0.05) is 18.6 Å². The van der Waals surface area contributed by atoms with Gasteiger partial charge in [-0.2, -0.15) is 0 Å². The highest BCUT2D eigenvalue weighted by Gasteiger charge is 2.39. The molecule has 0 aromatic heterocycles. The maximum atomic E-state index is 3.87. The lowest BCUT2D eigenvalue weighted by atomic mass is 9.67. The second kappa shape index (κ2) is 6.58. The van der Waals surface area contributed by atoms with Gasteiger partial charge in [-0.05, 0) is 63.5 Å². The number of rotatable bonds is 5. The minimum absolute atomic E-state index is 0.473. The summed E-state index contributed by atoms with van der Waals surface area (Å²) in [5.74, 6) is 0.857. The number of hydrogen-bond acceptors (Lipinski definition) is 2. The summed E-state index contributed by atoms with van der Waals surface area (Å²) in [6.45, 7) is 13.5. The first-order chi connectivity index (χ1) is 9.04. The lowest BCUT2D eigenvalue weighted by Gasteiger charge is -2.46. The van der Waals surface area contributed by atoms with Crippen LogP contribution in [0.4, 0.5) is 0 Å². The van der Waals surface area contributed by atoms with Crippen LogP contribution in [0.3, 0.4) is 0 Å². The molecule has 3 unspecified atom stereocenters. The van der Waals surface area contributed by atoms with E-state index in [-0.39, 0.29) is 0 Å². The van der Waals surface area contributed by atoms with Gasteiger partial charge in [-0.3, -0.25) is 0 Å². The zero-order chi connectivity index (χ0) is 13.9. The van der Waals surface area contributed by atoms with E-state index in [0.29, 0.717) is 11.5 Å². The van der Waals surface area contributed by atoms with Crippen molar-refractivity contribution in [2.45, 2.75) is 78.3 Å². The van der Waals surface area contributed by atoms with Crippen LogP contribution in [-0.2, 0) is 0 Å². The molecule has 1 aliphatic carbocycles. The van der Waals surface area contributed by atoms with Crippen molar-refractivity contribution in [3.8, 4) is 0 Å². The molecule has 0 bridgehead atoms. The van der Waals surface area contributed by atoms with Gasteiger partial charge in [0.1, 0.15) is 0 Å². The number of likely N-dealkylation sites (tertiary alicyclic amines) is 1. The van der Waals surface area contributed by atoms with Crippen molar-refractivity contribution in [2.24, 2.45) is 11.3 Å². The van der Waals surface area contributed by atoms with Crippen molar-refractivity contribution in [1.82, 2.24) is 10.2 Å². The van der Waals surface area contributed by atoms with E-state index in [1.807, 2.05) is 0 Å². The Balaban J connectivity index is 1.98. The number of nitrogens with one attached hydrogen (secondary N) is 1. The van der Waals surface area contributed by atoms with Gasteiger partial charge < -0.3 is 10.2 Å². The van der Waals surface area contributed by atoms with Crippen LogP contribution in [0.25, 0.3) is 0 Å². The standard InChI is InChI=1S/C17H34N2/c1-5-11-18-16-15(9-6-10-17(16,3)4)13-19-12-7-8-14(19)2/h14-16,18H,5-13H2,1-4H3. The third-order valence-corrected chi connectivity index (χ3v) is 5.48. The van der Waals surface area contributed by atoms with Crippen LogP contribution in [0.1, 0.15) is 66.2 Å². The topological polar surface area (TPSA) is 15.3 Å². The molecule has 2 nitrogen and oxygen atoms in total. The van der Waals surface area contributed by atoms with Crippen molar-refractivity contribution in [3.05, 3.63) is 0 Å². The third-order valence-electron chi connectivity index (χ3n) is 5.48. The quantitative estimate of drug-likeness (QED) is 0.817. The van der Waals surface area contributed by atoms with E-state index in [4.69, 9.17) is 0 Å². The third kappa shape index (κ3) is 3.72. The molecule has 112 valence electrons. The summed E-state index contributed by atoms with van der Waals surface area (Å²) in [7, 11) is 0. The molecule has 0 aromatic rings. The molecule has 2 fully saturated rings. The van der Waals surface area contributed by atoms with Gasteiger partial charge >= 0.3 is 0 Å². The predicted octanol–water partition coefficient (Wildman–Crippen LogP) is 3.67. The molecule has 1 aliphatic heterocycles. The maximum absolute atomic E-state index is 3.87. The molecule has 2 rings (SSSR count). The molecule has 2 aliphatic rings. The minimum atomic E-state index is 0.473. The summed E-state index contributed by atoms with van der Waals surface area (Å²) < 4.78 is 0. The van der Waals surface area contributed by atoms with Gasteiger partial charge in [0.15, 0.2) is 0 Å². The van der Waals surface area contributed by atoms with Gasteiger partial charge in [-0.15, -0.1) is 0 Å². The Hall–Kier alpha value is -0.0800. The van der Waals surface area contributed by atoms with Crippen LogP contribution >= 0.6 is 0 Å². The van der Waals surface area contributed by atoms with E-state index < -0.39 is 0 Å². The van der Waals surface area contributed by atoms with Crippen LogP contribution in [0.5, 0.6) is 0 Å². The second-order valence-electron chi connectivity index (χ2n) is 7.56. The van der Waals surface area contributed by atoms with E-state index in [0.717, 1.165) is 12.0 Å². The number of nitrogens with zero attached hydrogens (tertiary/aromatic N) is 1. The Kier molecular flexibility index (Phi) is 5.30. The first-order valence-electron chi connectivity index (χ1n) is 8.52. The summed E-state index contributed by atoms with van der Waals surface area (Å²) in [5.41, 5.74) is 0.473. The predicted molar refractivity (Wildman–Crippen MR) is 83.5 cm³/mol. The van der Waals surface area contributed by atoms with Crippen molar-refractivity contribution in [1.29, 1.82) is 0 Å². The average Bonchev–Trinajstić information content (AvgIpc) is 2.74. The highest BCUT2D eigenvalue weighted by atomic mass is 15.2. The van der Waals surface area contributed by atoms with Crippen molar-refractivity contribution in [3.63, 3.8) is 0 Å². The second-order valence-corrected chi connectivity index (χ2v) is 7.56. The molecule has 1 saturated heterocycles. The molecule has 2 heteroatoms. The fraction of sp³-hybridized carbons (Fsp3) is 1.00. The summed E-state index contributed by atoms with van der Waals surface area (Å²) >= 11 is 0. The van der Waals surface area contributed by atoms with Crippen LogP contribution in [0.15, 0.2) is 0 Å². The lowest BCUT2D eigenvalue weighted by Crippen LogP contribution is -2.53. The van der Waals surface area contributed by atoms with E-state index in [2.05, 4.69) is 37.9 Å². The summed E-state index contributed by atoms with van der Waals surface area (Å²) in [5, 5.41) is 3.87. The smallest absolute Gasteiger partial charge is 0.0159 e. The Morgan fingerprint density at radius 3 is 2.63 bits per heavy atom. The Morgan fingerprint density at radius 2 is 2.00 bits per heavy atom. The number of hydrogen-bond donors (Lipinski definition) is 1. The average molecular weight is 266 g/mol. The van der Waals surface area contributed by atoms with Crippen molar-refractivity contribution in [2.75, 3.05) is 19.6 Å². The monoisotopic (exact) mass is 266 g/mol. The minimum Gasteiger partial charge on any atom is -0.313 e. The molecular weight excluding hydrogens is 232 g/mol. The van der Waals surface area contributed by atoms with E-state index in [9.17, 15) is 0 Å². The van der Waals surface area contributed by atoms with Crippen LogP contribution < -0.4 is 5.32 Å².